The number of aliphatic imine (C=N–C) groups is 1. The van der Waals surface area contributed by atoms with Crippen LogP contribution >= 0.6 is 11.8 Å². The van der Waals surface area contributed by atoms with E-state index >= 15 is 0 Å². The first-order chi connectivity index (χ1) is 18.9. The fraction of sp³-hybridized carbons (Fsp3) is 0.484. The summed E-state index contributed by atoms with van der Waals surface area (Å²) in [5.74, 6) is 1.61. The molecule has 4 saturated carbocycles. The van der Waals surface area contributed by atoms with Crippen LogP contribution in [-0.2, 0) is 10.2 Å². The Bertz CT molecular complexity index is 1390. The third-order valence-corrected chi connectivity index (χ3v) is 10.7. The molecule has 39 heavy (non-hydrogen) atoms. The van der Waals surface area contributed by atoms with E-state index in [2.05, 4.69) is 9.89 Å². The number of likely N-dealkylation sites (tertiary alicyclic amines) is 1. The van der Waals surface area contributed by atoms with Crippen molar-refractivity contribution in [2.24, 2.45) is 22.7 Å². The Morgan fingerprint density at radius 3 is 2.38 bits per heavy atom. The fourth-order valence-electron chi connectivity index (χ4n) is 8.31. The minimum atomic E-state index is -0.456. The lowest BCUT2D eigenvalue weighted by molar-refractivity contribution is -0.385. The van der Waals surface area contributed by atoms with E-state index in [-0.39, 0.29) is 22.8 Å². The number of amidine groups is 1. The molecular weight excluding hydrogens is 510 g/mol. The molecule has 2 aliphatic heterocycles. The highest BCUT2D eigenvalue weighted by Gasteiger charge is 2.52. The van der Waals surface area contributed by atoms with Crippen LogP contribution in [-0.4, -0.2) is 39.1 Å². The third kappa shape index (κ3) is 4.46. The van der Waals surface area contributed by atoms with E-state index in [1.54, 1.807) is 6.07 Å². The maximum Gasteiger partial charge on any atom is 0.311 e. The maximum atomic E-state index is 12.7. The van der Waals surface area contributed by atoms with Crippen molar-refractivity contribution in [3.05, 3.63) is 62.5 Å². The molecule has 8 heteroatoms. The van der Waals surface area contributed by atoms with Gasteiger partial charge in [0.15, 0.2) is 5.17 Å². The summed E-state index contributed by atoms with van der Waals surface area (Å²) in [6.07, 6.45) is 12.4. The smallest absolute Gasteiger partial charge is 0.311 e. The van der Waals surface area contributed by atoms with Crippen molar-refractivity contribution in [3.63, 3.8) is 0 Å². The predicted octanol–water partition coefficient (Wildman–Crippen LogP) is 6.89. The van der Waals surface area contributed by atoms with Crippen molar-refractivity contribution < 1.29 is 14.8 Å². The summed E-state index contributed by atoms with van der Waals surface area (Å²) < 4.78 is 0. The highest BCUT2D eigenvalue weighted by atomic mass is 32.2. The monoisotopic (exact) mass is 543 g/mol. The summed E-state index contributed by atoms with van der Waals surface area (Å²) in [5.41, 5.74) is 2.76. The van der Waals surface area contributed by atoms with E-state index < -0.39 is 4.92 Å². The molecule has 0 radical (unpaired) electrons. The summed E-state index contributed by atoms with van der Waals surface area (Å²) in [4.78, 5) is 31.4. The number of rotatable bonds is 4. The highest BCUT2D eigenvalue weighted by Crippen LogP contribution is 2.61. The zero-order valence-corrected chi connectivity index (χ0v) is 22.8. The van der Waals surface area contributed by atoms with E-state index in [9.17, 15) is 20.0 Å². The van der Waals surface area contributed by atoms with Crippen LogP contribution in [0.4, 0.5) is 5.69 Å². The minimum absolute atomic E-state index is 0.0311. The normalized spacial score (nSPS) is 30.7. The second-order valence-corrected chi connectivity index (χ2v) is 13.3. The molecule has 1 amide bonds. The zero-order chi connectivity index (χ0) is 26.7. The van der Waals surface area contributed by atoms with Gasteiger partial charge in [-0.25, -0.2) is 0 Å². The number of nitro benzene ring substituents is 1. The number of nitro groups is 1. The van der Waals surface area contributed by atoms with E-state index in [0.29, 0.717) is 33.8 Å². The molecule has 202 valence electrons. The summed E-state index contributed by atoms with van der Waals surface area (Å²) >= 11 is 1.41. The Kier molecular flexibility index (Phi) is 6.06. The molecule has 4 aliphatic carbocycles. The molecule has 2 heterocycles. The summed E-state index contributed by atoms with van der Waals surface area (Å²) in [6.45, 7) is 1.86. The van der Waals surface area contributed by atoms with Gasteiger partial charge in [0.25, 0.3) is 5.91 Å². The number of nitrogens with zero attached hydrogens (tertiary/aromatic N) is 3. The van der Waals surface area contributed by atoms with Gasteiger partial charge in [0.1, 0.15) is 0 Å². The maximum absolute atomic E-state index is 12.7. The van der Waals surface area contributed by atoms with Crippen molar-refractivity contribution in [1.82, 2.24) is 4.90 Å². The Balaban J connectivity index is 1.23. The van der Waals surface area contributed by atoms with Gasteiger partial charge in [0.2, 0.25) is 5.75 Å². The third-order valence-electron chi connectivity index (χ3n) is 9.67. The molecule has 8 rings (SSSR count). The van der Waals surface area contributed by atoms with Gasteiger partial charge in [-0.15, -0.1) is 0 Å². The van der Waals surface area contributed by atoms with Gasteiger partial charge in [-0.05, 0) is 128 Å². The lowest BCUT2D eigenvalue weighted by Crippen LogP contribution is -2.48. The molecular formula is C31H33N3O4S. The number of hydrogen-bond acceptors (Lipinski definition) is 6. The zero-order valence-electron chi connectivity index (χ0n) is 22.0. The molecule has 5 fully saturated rings. The number of amides is 1. The Morgan fingerprint density at radius 2 is 1.72 bits per heavy atom. The number of benzene rings is 2. The fourth-order valence-corrected chi connectivity index (χ4v) is 9.28. The van der Waals surface area contributed by atoms with Gasteiger partial charge >= 0.3 is 5.69 Å². The lowest BCUT2D eigenvalue weighted by atomic mass is 9.48. The van der Waals surface area contributed by atoms with Crippen LogP contribution in [0.2, 0.25) is 0 Å². The Morgan fingerprint density at radius 1 is 1.03 bits per heavy atom. The quantitative estimate of drug-likeness (QED) is 0.256. The van der Waals surface area contributed by atoms with Crippen molar-refractivity contribution >= 4 is 34.6 Å². The van der Waals surface area contributed by atoms with Crippen molar-refractivity contribution in [1.29, 1.82) is 0 Å². The van der Waals surface area contributed by atoms with E-state index in [4.69, 9.17) is 0 Å². The number of carbonyl (C=O) groups is 1. The van der Waals surface area contributed by atoms with Gasteiger partial charge in [-0.2, -0.15) is 4.99 Å². The van der Waals surface area contributed by atoms with Gasteiger partial charge in [-0.1, -0.05) is 18.2 Å². The van der Waals surface area contributed by atoms with Crippen LogP contribution in [0.3, 0.4) is 0 Å². The average molecular weight is 544 g/mol. The Labute approximate surface area is 232 Å². The second kappa shape index (κ2) is 9.51. The highest BCUT2D eigenvalue weighted by molar-refractivity contribution is 8.18. The molecule has 1 N–H and O–H groups in total. The molecule has 2 aromatic carbocycles. The topological polar surface area (TPSA) is 96.0 Å². The molecule has 1 saturated heterocycles. The summed E-state index contributed by atoms with van der Waals surface area (Å²) in [5, 5.41) is 23.9. The number of phenols is 1. The first-order valence-corrected chi connectivity index (χ1v) is 15.1. The second-order valence-electron chi connectivity index (χ2n) is 12.3. The standard InChI is InChI=1S/C31H33N3O4S/c35-28-25(14-24(15-26(28)34(37)38)31-16-20-9-21(17-31)11-22(10-20)18-31)23-6-4-5-19(12-23)13-27-29(36)32-30(39-27)33-7-2-1-3-8-33/h4-6,12-15,20-22,35H,1-3,7-11,16-18H2. The molecule has 0 spiro atoms. The van der Waals surface area contributed by atoms with Crippen LogP contribution in [0, 0.1) is 27.9 Å². The number of piperidine rings is 1. The first kappa shape index (κ1) is 24.9. The molecule has 6 aliphatic rings. The number of hydrogen-bond donors (Lipinski definition) is 1. The SMILES string of the molecule is O=C1N=C(N2CCCCC2)SC1=Cc1cccc(-c2cc(C34CC5CC(CC(C5)C3)C4)cc([N+](=O)[O-])c2O)c1. The first-order valence-electron chi connectivity index (χ1n) is 14.3. The molecule has 2 aromatic rings. The van der Waals surface area contributed by atoms with Crippen LogP contribution in [0.1, 0.15) is 68.9 Å². The van der Waals surface area contributed by atoms with Gasteiger partial charge in [0.05, 0.1) is 9.83 Å². The average Bonchev–Trinajstić information content (AvgIpc) is 3.28. The lowest BCUT2D eigenvalue weighted by Gasteiger charge is -2.57. The van der Waals surface area contributed by atoms with Crippen LogP contribution in [0.5, 0.6) is 5.75 Å². The predicted molar refractivity (Wildman–Crippen MR) is 153 cm³/mol. The number of thioether (sulfide) groups is 1. The van der Waals surface area contributed by atoms with Crippen molar-refractivity contribution in [3.8, 4) is 16.9 Å². The Hall–Kier alpha value is -3.13. The molecule has 0 unspecified atom stereocenters. The molecule has 0 aromatic heterocycles. The van der Waals surface area contributed by atoms with E-state index in [1.165, 1.54) is 37.4 Å². The van der Waals surface area contributed by atoms with Crippen LogP contribution in [0.25, 0.3) is 17.2 Å². The van der Waals surface area contributed by atoms with Gasteiger partial charge in [-0.3, -0.25) is 14.9 Å². The molecule has 0 atom stereocenters. The number of phenolic OH excluding ortho intramolecular Hbond substituents is 1. The van der Waals surface area contributed by atoms with Crippen LogP contribution in [0.15, 0.2) is 46.3 Å². The molecule has 7 nitrogen and oxygen atoms in total. The van der Waals surface area contributed by atoms with Crippen molar-refractivity contribution in [2.75, 3.05) is 13.1 Å². The number of carbonyl (C=O) groups excluding carboxylic acids is 1. The number of aromatic hydroxyl groups is 1. The van der Waals surface area contributed by atoms with E-state index in [1.807, 2.05) is 36.4 Å². The van der Waals surface area contributed by atoms with E-state index in [0.717, 1.165) is 61.5 Å². The van der Waals surface area contributed by atoms with Crippen molar-refractivity contribution in [2.45, 2.75) is 63.2 Å². The largest absolute Gasteiger partial charge is 0.502 e. The molecule has 4 bridgehead atoms. The minimum Gasteiger partial charge on any atom is -0.502 e. The summed E-state index contributed by atoms with van der Waals surface area (Å²) in [7, 11) is 0. The van der Waals surface area contributed by atoms with Crippen LogP contribution < -0.4 is 0 Å². The summed E-state index contributed by atoms with van der Waals surface area (Å²) in [6, 6.07) is 11.2. The van der Waals surface area contributed by atoms with Gasteiger partial charge < -0.3 is 10.0 Å². The van der Waals surface area contributed by atoms with Gasteiger partial charge in [0, 0.05) is 24.7 Å².